The second-order valence-corrected chi connectivity index (χ2v) is 8.03. The van der Waals surface area contributed by atoms with Gasteiger partial charge in [-0.2, -0.15) is 0 Å². The Labute approximate surface area is 179 Å². The fourth-order valence-corrected chi connectivity index (χ4v) is 3.93. The van der Waals surface area contributed by atoms with Crippen LogP contribution in [0.3, 0.4) is 0 Å². The highest BCUT2D eigenvalue weighted by atomic mass is 35.5. The van der Waals surface area contributed by atoms with Crippen molar-refractivity contribution < 1.29 is 9.42 Å². The number of anilines is 1. The first kappa shape index (κ1) is 20.3. The standard InChI is InChI=1S/C21H23ClN6O2/c1-13-17(26-30-25-13)11-19(29)28-9-5-8-18(28)20-16(12-23-21(24-20)27(2)3)14-6-4-7-15(22)10-14/h4,6-7,10,12,18H,5,8-9,11H2,1-3H3/t18-/m1/s1. The van der Waals surface area contributed by atoms with E-state index in [9.17, 15) is 4.79 Å². The largest absolute Gasteiger partial charge is 0.347 e. The molecule has 0 radical (unpaired) electrons. The zero-order valence-corrected chi connectivity index (χ0v) is 17.9. The molecule has 8 nitrogen and oxygen atoms in total. The molecule has 0 spiro atoms. The molecular weight excluding hydrogens is 404 g/mol. The van der Waals surface area contributed by atoms with E-state index in [4.69, 9.17) is 21.2 Å². The zero-order valence-electron chi connectivity index (χ0n) is 17.2. The first-order chi connectivity index (χ1) is 14.4. The summed E-state index contributed by atoms with van der Waals surface area (Å²) in [5.41, 5.74) is 3.84. The lowest BCUT2D eigenvalue weighted by molar-refractivity contribution is -0.131. The van der Waals surface area contributed by atoms with E-state index in [0.717, 1.165) is 29.7 Å². The Bertz CT molecular complexity index is 1070. The molecule has 1 fully saturated rings. The molecular formula is C21H23ClN6O2. The molecule has 30 heavy (non-hydrogen) atoms. The van der Waals surface area contributed by atoms with E-state index in [1.54, 1.807) is 6.92 Å². The van der Waals surface area contributed by atoms with Crippen molar-refractivity contribution in [2.75, 3.05) is 25.5 Å². The van der Waals surface area contributed by atoms with Crippen LogP contribution >= 0.6 is 11.6 Å². The summed E-state index contributed by atoms with van der Waals surface area (Å²) in [6.45, 7) is 2.45. The molecule has 1 atom stereocenters. The summed E-state index contributed by atoms with van der Waals surface area (Å²) in [7, 11) is 3.80. The maximum Gasteiger partial charge on any atom is 0.229 e. The number of carbonyl (C=O) groups excluding carboxylic acids is 1. The van der Waals surface area contributed by atoms with Crippen molar-refractivity contribution in [3.05, 3.63) is 52.6 Å². The average Bonchev–Trinajstić information content (AvgIpc) is 3.37. The third kappa shape index (κ3) is 4.00. The summed E-state index contributed by atoms with van der Waals surface area (Å²) in [5.74, 6) is 0.588. The maximum absolute atomic E-state index is 13.1. The summed E-state index contributed by atoms with van der Waals surface area (Å²) in [5, 5.41) is 8.27. The first-order valence-electron chi connectivity index (χ1n) is 9.81. The number of likely N-dealkylation sites (tertiary alicyclic amines) is 1. The molecule has 1 aromatic carbocycles. The highest BCUT2D eigenvalue weighted by molar-refractivity contribution is 6.30. The molecule has 0 saturated carbocycles. The second kappa shape index (κ2) is 8.39. The summed E-state index contributed by atoms with van der Waals surface area (Å²) in [4.78, 5) is 26.2. The quantitative estimate of drug-likeness (QED) is 0.617. The lowest BCUT2D eigenvalue weighted by Gasteiger charge is -2.26. The SMILES string of the molecule is Cc1nonc1CC(=O)N1CCC[C@@H]1c1nc(N(C)C)ncc1-c1cccc(Cl)c1. The molecule has 9 heteroatoms. The molecule has 3 aromatic rings. The van der Waals surface area contributed by atoms with Gasteiger partial charge in [-0.15, -0.1) is 0 Å². The number of amides is 1. The van der Waals surface area contributed by atoms with Crippen molar-refractivity contribution in [1.82, 2.24) is 25.2 Å². The fraction of sp³-hybridized carbons (Fsp3) is 0.381. The molecule has 1 aliphatic heterocycles. The van der Waals surface area contributed by atoms with E-state index in [1.165, 1.54) is 0 Å². The van der Waals surface area contributed by atoms with Crippen LogP contribution in [0.25, 0.3) is 11.1 Å². The summed E-state index contributed by atoms with van der Waals surface area (Å²) in [6.07, 6.45) is 3.71. The lowest BCUT2D eigenvalue weighted by Crippen LogP contribution is -2.33. The van der Waals surface area contributed by atoms with Crippen molar-refractivity contribution in [1.29, 1.82) is 0 Å². The van der Waals surface area contributed by atoms with Gasteiger partial charge in [0.05, 0.1) is 18.2 Å². The minimum Gasteiger partial charge on any atom is -0.347 e. The van der Waals surface area contributed by atoms with E-state index in [0.29, 0.717) is 28.9 Å². The van der Waals surface area contributed by atoms with Crippen LogP contribution in [0.15, 0.2) is 35.1 Å². The van der Waals surface area contributed by atoms with Crippen molar-refractivity contribution >= 4 is 23.5 Å². The van der Waals surface area contributed by atoms with Gasteiger partial charge in [0.15, 0.2) is 0 Å². The molecule has 0 N–H and O–H groups in total. The number of carbonyl (C=O) groups is 1. The van der Waals surface area contributed by atoms with Gasteiger partial charge in [-0.3, -0.25) is 4.79 Å². The van der Waals surface area contributed by atoms with E-state index >= 15 is 0 Å². The molecule has 3 heterocycles. The first-order valence-corrected chi connectivity index (χ1v) is 10.2. The Kier molecular flexibility index (Phi) is 5.67. The highest BCUT2D eigenvalue weighted by Gasteiger charge is 2.34. The van der Waals surface area contributed by atoms with Gasteiger partial charge < -0.3 is 9.80 Å². The Morgan fingerprint density at radius 2 is 2.17 bits per heavy atom. The molecule has 0 unspecified atom stereocenters. The van der Waals surface area contributed by atoms with Crippen LogP contribution in [0.1, 0.15) is 36.0 Å². The molecule has 0 aliphatic carbocycles. The Balaban J connectivity index is 1.72. The number of hydrogen-bond donors (Lipinski definition) is 0. The number of hydrogen-bond acceptors (Lipinski definition) is 7. The van der Waals surface area contributed by atoms with Gasteiger partial charge >= 0.3 is 0 Å². The fourth-order valence-electron chi connectivity index (χ4n) is 3.74. The Hall–Kier alpha value is -3.00. The van der Waals surface area contributed by atoms with Gasteiger partial charge in [0.2, 0.25) is 11.9 Å². The molecule has 1 aliphatic rings. The topological polar surface area (TPSA) is 88.2 Å². The van der Waals surface area contributed by atoms with E-state index in [1.807, 2.05) is 54.4 Å². The molecule has 1 amide bonds. The van der Waals surface area contributed by atoms with E-state index in [2.05, 4.69) is 15.3 Å². The van der Waals surface area contributed by atoms with Gasteiger partial charge in [-0.05, 0) is 37.5 Å². The monoisotopic (exact) mass is 426 g/mol. The second-order valence-electron chi connectivity index (χ2n) is 7.59. The normalized spacial score (nSPS) is 16.1. The van der Waals surface area contributed by atoms with Crippen LogP contribution in [0, 0.1) is 6.92 Å². The molecule has 2 aromatic heterocycles. The number of aryl methyl sites for hydroxylation is 1. The van der Waals surface area contributed by atoms with Gasteiger partial charge in [-0.25, -0.2) is 14.6 Å². The smallest absolute Gasteiger partial charge is 0.229 e. The zero-order chi connectivity index (χ0) is 21.3. The number of benzene rings is 1. The van der Waals surface area contributed by atoms with Gasteiger partial charge in [0.25, 0.3) is 0 Å². The van der Waals surface area contributed by atoms with Gasteiger partial charge in [-0.1, -0.05) is 34.0 Å². The predicted molar refractivity (Wildman–Crippen MR) is 113 cm³/mol. The minimum atomic E-state index is -0.145. The summed E-state index contributed by atoms with van der Waals surface area (Å²) < 4.78 is 4.74. The highest BCUT2D eigenvalue weighted by Crippen LogP contribution is 2.38. The molecule has 1 saturated heterocycles. The van der Waals surface area contributed by atoms with Crippen LogP contribution in [0.4, 0.5) is 5.95 Å². The minimum absolute atomic E-state index is 0.0154. The Morgan fingerprint density at radius 3 is 2.87 bits per heavy atom. The lowest BCUT2D eigenvalue weighted by atomic mass is 9.99. The maximum atomic E-state index is 13.1. The van der Waals surface area contributed by atoms with Crippen molar-refractivity contribution in [3.63, 3.8) is 0 Å². The average molecular weight is 427 g/mol. The predicted octanol–water partition coefficient (Wildman–Crippen LogP) is 3.46. The Morgan fingerprint density at radius 1 is 1.33 bits per heavy atom. The third-order valence-electron chi connectivity index (χ3n) is 5.30. The van der Waals surface area contributed by atoms with Crippen LogP contribution < -0.4 is 4.90 Å². The number of halogens is 1. The van der Waals surface area contributed by atoms with E-state index in [-0.39, 0.29) is 18.4 Å². The van der Waals surface area contributed by atoms with Gasteiger partial charge in [0, 0.05) is 37.4 Å². The van der Waals surface area contributed by atoms with Crippen LogP contribution in [0.2, 0.25) is 5.02 Å². The molecule has 0 bridgehead atoms. The summed E-state index contributed by atoms with van der Waals surface area (Å²) >= 11 is 6.23. The number of rotatable bonds is 5. The van der Waals surface area contributed by atoms with Gasteiger partial charge in [0.1, 0.15) is 11.4 Å². The van der Waals surface area contributed by atoms with Crippen molar-refractivity contribution in [3.8, 4) is 11.1 Å². The van der Waals surface area contributed by atoms with Crippen LogP contribution in [-0.2, 0) is 11.2 Å². The molecule has 156 valence electrons. The van der Waals surface area contributed by atoms with Crippen LogP contribution in [-0.4, -0.2) is 51.7 Å². The van der Waals surface area contributed by atoms with Crippen LogP contribution in [0.5, 0.6) is 0 Å². The van der Waals surface area contributed by atoms with Crippen molar-refractivity contribution in [2.45, 2.75) is 32.2 Å². The van der Waals surface area contributed by atoms with Crippen molar-refractivity contribution in [2.24, 2.45) is 0 Å². The third-order valence-corrected chi connectivity index (χ3v) is 5.53. The summed E-state index contributed by atoms with van der Waals surface area (Å²) in [6, 6.07) is 7.46. The number of aromatic nitrogens is 4. The number of nitrogens with zero attached hydrogens (tertiary/aromatic N) is 6. The van der Waals surface area contributed by atoms with E-state index < -0.39 is 0 Å². The molecule has 4 rings (SSSR count).